The molecule has 1 fully saturated rings. The van der Waals surface area contributed by atoms with Crippen LogP contribution in [-0.4, -0.2) is 74.7 Å². The Kier molecular flexibility index (Phi) is 6.15. The zero-order valence-electron chi connectivity index (χ0n) is 14.4. The van der Waals surface area contributed by atoms with E-state index in [1.54, 1.807) is 25.1 Å². The van der Waals surface area contributed by atoms with E-state index in [9.17, 15) is 13.2 Å². The third-order valence-corrected chi connectivity index (χ3v) is 5.78. The minimum absolute atomic E-state index is 0.0373. The van der Waals surface area contributed by atoms with Crippen LogP contribution >= 0.6 is 0 Å². The summed E-state index contributed by atoms with van der Waals surface area (Å²) in [6, 6.07) is 9.12. The van der Waals surface area contributed by atoms with E-state index >= 15 is 0 Å². The highest BCUT2D eigenvalue weighted by molar-refractivity contribution is 7.92. The lowest BCUT2D eigenvalue weighted by Gasteiger charge is -2.37. The Bertz CT molecular complexity index is 678. The Morgan fingerprint density at radius 2 is 1.71 bits per heavy atom. The van der Waals surface area contributed by atoms with Crippen LogP contribution in [0.3, 0.4) is 0 Å². The normalized spacial score (nSPS) is 18.6. The number of sulfonamides is 1. The lowest BCUT2D eigenvalue weighted by molar-refractivity contribution is -0.134. The number of rotatable bonds is 5. The second kappa shape index (κ2) is 7.92. The maximum absolute atomic E-state index is 12.4. The van der Waals surface area contributed by atoms with E-state index in [4.69, 9.17) is 0 Å². The maximum atomic E-state index is 12.4. The number of piperazine rings is 1. The highest BCUT2D eigenvalue weighted by atomic mass is 32.2. The van der Waals surface area contributed by atoms with Crippen molar-refractivity contribution in [1.82, 2.24) is 14.1 Å². The molecule has 1 aliphatic rings. The number of likely N-dealkylation sites (N-methyl/N-ethyl adjacent to an activating group) is 1. The van der Waals surface area contributed by atoms with E-state index in [0.717, 1.165) is 5.56 Å². The molecule has 1 aromatic rings. The van der Waals surface area contributed by atoms with Crippen molar-refractivity contribution in [3.63, 3.8) is 0 Å². The summed E-state index contributed by atoms with van der Waals surface area (Å²) in [6.07, 6.45) is 1.61. The summed E-state index contributed by atoms with van der Waals surface area (Å²) in [5.74, 6) is 0.0373. The van der Waals surface area contributed by atoms with Gasteiger partial charge in [-0.1, -0.05) is 30.3 Å². The third-order valence-electron chi connectivity index (χ3n) is 4.21. The molecule has 0 spiro atoms. The minimum atomic E-state index is -3.44. The van der Waals surface area contributed by atoms with Gasteiger partial charge in [-0.15, -0.1) is 0 Å². The van der Waals surface area contributed by atoms with E-state index in [1.165, 1.54) is 9.71 Å². The fourth-order valence-corrected chi connectivity index (χ4v) is 3.86. The molecule has 132 valence electrons. The molecule has 2 rings (SSSR count). The number of carbonyl (C=O) groups excluding carboxylic acids is 1. The average molecular weight is 351 g/mol. The van der Waals surface area contributed by atoms with Crippen molar-refractivity contribution in [3.05, 3.63) is 41.3 Å². The van der Waals surface area contributed by atoms with Gasteiger partial charge in [0.25, 0.3) is 0 Å². The van der Waals surface area contributed by atoms with E-state index < -0.39 is 10.0 Å². The number of amides is 1. The van der Waals surface area contributed by atoms with Crippen LogP contribution in [0.4, 0.5) is 0 Å². The molecule has 6 nitrogen and oxygen atoms in total. The van der Waals surface area contributed by atoms with E-state index in [1.807, 2.05) is 42.2 Å². The van der Waals surface area contributed by atoms with Gasteiger partial charge in [-0.2, -0.15) is 4.31 Å². The Hall–Kier alpha value is -1.70. The largest absolute Gasteiger partial charge is 0.347 e. The molecule has 1 atom stereocenters. The molecule has 1 aliphatic heterocycles. The van der Waals surface area contributed by atoms with Gasteiger partial charge in [0.2, 0.25) is 15.9 Å². The van der Waals surface area contributed by atoms with Crippen LogP contribution in [0.5, 0.6) is 0 Å². The van der Waals surface area contributed by atoms with Crippen molar-refractivity contribution in [2.75, 3.05) is 40.3 Å². The second-order valence-corrected chi connectivity index (χ2v) is 7.92. The Morgan fingerprint density at radius 1 is 1.12 bits per heavy atom. The number of carbonyl (C=O) groups is 1. The van der Waals surface area contributed by atoms with Crippen LogP contribution in [0.2, 0.25) is 0 Å². The molecule has 1 heterocycles. The smallest absolute Gasteiger partial charge is 0.239 e. The molecule has 0 aromatic heterocycles. The van der Waals surface area contributed by atoms with Gasteiger partial charge in [0, 0.05) is 45.7 Å². The van der Waals surface area contributed by atoms with Crippen molar-refractivity contribution in [2.45, 2.75) is 13.0 Å². The molecule has 0 radical (unpaired) electrons. The van der Waals surface area contributed by atoms with Crippen molar-refractivity contribution < 1.29 is 13.2 Å². The van der Waals surface area contributed by atoms with Crippen LogP contribution < -0.4 is 0 Å². The van der Waals surface area contributed by atoms with Gasteiger partial charge in [-0.05, 0) is 18.6 Å². The molecule has 1 saturated heterocycles. The molecule has 0 aliphatic carbocycles. The third kappa shape index (κ3) is 4.66. The van der Waals surface area contributed by atoms with Crippen molar-refractivity contribution in [3.8, 4) is 0 Å². The van der Waals surface area contributed by atoms with Crippen LogP contribution in [0.1, 0.15) is 12.5 Å². The topological polar surface area (TPSA) is 60.9 Å². The Labute approximate surface area is 144 Å². The van der Waals surface area contributed by atoms with Gasteiger partial charge in [-0.3, -0.25) is 9.69 Å². The van der Waals surface area contributed by atoms with Gasteiger partial charge in [-0.25, -0.2) is 8.42 Å². The molecule has 0 N–H and O–H groups in total. The van der Waals surface area contributed by atoms with Gasteiger partial charge in [0.05, 0.1) is 6.04 Å². The molecular formula is C17H25N3O3S. The molecule has 0 saturated carbocycles. The van der Waals surface area contributed by atoms with Crippen molar-refractivity contribution in [1.29, 1.82) is 0 Å². The highest BCUT2D eigenvalue weighted by Gasteiger charge is 2.30. The molecule has 0 unspecified atom stereocenters. The molecule has 24 heavy (non-hydrogen) atoms. The molecule has 1 amide bonds. The number of hydrogen-bond acceptors (Lipinski definition) is 4. The minimum Gasteiger partial charge on any atom is -0.347 e. The predicted molar refractivity (Wildman–Crippen MR) is 95.7 cm³/mol. The van der Waals surface area contributed by atoms with Crippen LogP contribution in [0.25, 0.3) is 6.08 Å². The quantitative estimate of drug-likeness (QED) is 0.796. The Morgan fingerprint density at radius 3 is 2.25 bits per heavy atom. The van der Waals surface area contributed by atoms with Crippen molar-refractivity contribution >= 4 is 22.0 Å². The standard InChI is InChI=1S/C17H25N3O3S/c1-15(17(21)18(2)3)19-10-12-20(13-11-19)24(22,23)14-9-16-7-5-4-6-8-16/h4-9,14-15H,10-13H2,1-3H3/b14-9+/t15-/m0/s1. The summed E-state index contributed by atoms with van der Waals surface area (Å²) in [5.41, 5.74) is 0.852. The number of benzene rings is 1. The molecule has 7 heteroatoms. The predicted octanol–water partition coefficient (Wildman–Crippen LogP) is 1.08. The highest BCUT2D eigenvalue weighted by Crippen LogP contribution is 2.13. The van der Waals surface area contributed by atoms with Crippen LogP contribution in [0, 0.1) is 0 Å². The number of hydrogen-bond donors (Lipinski definition) is 0. The summed E-state index contributed by atoms with van der Waals surface area (Å²) >= 11 is 0. The molecular weight excluding hydrogens is 326 g/mol. The summed E-state index contributed by atoms with van der Waals surface area (Å²) in [6.45, 7) is 3.76. The van der Waals surface area contributed by atoms with E-state index in [0.29, 0.717) is 26.2 Å². The van der Waals surface area contributed by atoms with Gasteiger partial charge >= 0.3 is 0 Å². The van der Waals surface area contributed by atoms with Crippen LogP contribution in [-0.2, 0) is 14.8 Å². The number of nitrogens with zero attached hydrogens (tertiary/aromatic N) is 3. The summed E-state index contributed by atoms with van der Waals surface area (Å²) in [4.78, 5) is 15.6. The first-order valence-corrected chi connectivity index (χ1v) is 9.50. The van der Waals surface area contributed by atoms with E-state index in [-0.39, 0.29) is 11.9 Å². The second-order valence-electron chi connectivity index (χ2n) is 6.10. The van der Waals surface area contributed by atoms with Crippen LogP contribution in [0.15, 0.2) is 35.7 Å². The van der Waals surface area contributed by atoms with Gasteiger partial charge in [0.15, 0.2) is 0 Å². The SMILES string of the molecule is C[C@@H](C(=O)N(C)C)N1CCN(S(=O)(=O)/C=C/c2ccccc2)CC1. The van der Waals surface area contributed by atoms with Gasteiger partial charge in [0.1, 0.15) is 0 Å². The lowest BCUT2D eigenvalue weighted by atomic mass is 10.2. The average Bonchev–Trinajstić information content (AvgIpc) is 2.59. The van der Waals surface area contributed by atoms with E-state index in [2.05, 4.69) is 0 Å². The first kappa shape index (κ1) is 18.6. The Balaban J connectivity index is 1.96. The molecule has 0 bridgehead atoms. The first-order valence-electron chi connectivity index (χ1n) is 8.00. The molecule has 1 aromatic carbocycles. The zero-order valence-corrected chi connectivity index (χ0v) is 15.2. The first-order chi connectivity index (χ1) is 11.3. The van der Waals surface area contributed by atoms with Crippen molar-refractivity contribution in [2.24, 2.45) is 0 Å². The van der Waals surface area contributed by atoms with Gasteiger partial charge < -0.3 is 4.90 Å². The fourth-order valence-electron chi connectivity index (χ4n) is 2.69. The zero-order chi connectivity index (χ0) is 17.7. The maximum Gasteiger partial charge on any atom is 0.239 e. The fraction of sp³-hybridized carbons (Fsp3) is 0.471. The monoisotopic (exact) mass is 351 g/mol. The summed E-state index contributed by atoms with van der Waals surface area (Å²) < 4.78 is 26.3. The lowest BCUT2D eigenvalue weighted by Crippen LogP contribution is -2.54. The summed E-state index contributed by atoms with van der Waals surface area (Å²) in [5, 5.41) is 1.26. The summed E-state index contributed by atoms with van der Waals surface area (Å²) in [7, 11) is 0.0237.